The minimum Gasteiger partial charge on any atom is -0.298 e. The molecule has 0 bridgehead atoms. The largest absolute Gasteiger partial charge is 0.433 e. The molecule has 0 unspecified atom stereocenters. The first-order valence-electron chi connectivity index (χ1n) is 5.94. The van der Waals surface area contributed by atoms with E-state index in [1.807, 2.05) is 6.92 Å². The van der Waals surface area contributed by atoms with Crippen LogP contribution in [0.5, 0.6) is 0 Å². The molecule has 0 amide bonds. The van der Waals surface area contributed by atoms with Gasteiger partial charge in [0.1, 0.15) is 12.0 Å². The molecule has 0 aliphatic carbocycles. The highest BCUT2D eigenvalue weighted by Gasteiger charge is 2.32. The molecular formula is C14H11F3N2O. The van der Waals surface area contributed by atoms with Gasteiger partial charge in [0.25, 0.3) is 0 Å². The fourth-order valence-electron chi connectivity index (χ4n) is 1.78. The Balaban J connectivity index is 2.53. The Morgan fingerprint density at radius 2 is 2.00 bits per heavy atom. The molecule has 3 nitrogen and oxygen atoms in total. The summed E-state index contributed by atoms with van der Waals surface area (Å²) in [6, 6.07) is 5.65. The minimum atomic E-state index is -4.52. The first kappa shape index (κ1) is 14.2. The fraction of sp³-hybridized carbons (Fsp3) is 0.214. The number of aromatic nitrogens is 2. The Morgan fingerprint density at radius 3 is 2.60 bits per heavy atom. The number of carbonyl (C=O) groups is 1. The molecule has 0 saturated carbocycles. The van der Waals surface area contributed by atoms with Crippen molar-refractivity contribution in [3.8, 4) is 11.4 Å². The van der Waals surface area contributed by atoms with Crippen LogP contribution in [0.3, 0.4) is 0 Å². The van der Waals surface area contributed by atoms with Gasteiger partial charge in [-0.3, -0.25) is 4.79 Å². The Kier molecular flexibility index (Phi) is 3.83. The number of benzene rings is 1. The Morgan fingerprint density at radius 1 is 1.25 bits per heavy atom. The van der Waals surface area contributed by atoms with Crippen molar-refractivity contribution >= 4 is 6.29 Å². The van der Waals surface area contributed by atoms with Crippen LogP contribution in [0.25, 0.3) is 11.4 Å². The zero-order valence-electron chi connectivity index (χ0n) is 10.6. The highest BCUT2D eigenvalue weighted by molar-refractivity contribution is 5.78. The van der Waals surface area contributed by atoms with E-state index in [4.69, 9.17) is 0 Å². The lowest BCUT2D eigenvalue weighted by atomic mass is 10.0. The van der Waals surface area contributed by atoms with E-state index in [9.17, 15) is 18.0 Å². The van der Waals surface area contributed by atoms with Crippen molar-refractivity contribution in [1.82, 2.24) is 9.97 Å². The highest BCUT2D eigenvalue weighted by Crippen LogP contribution is 2.29. The second-order valence-corrected chi connectivity index (χ2v) is 4.20. The molecule has 1 aromatic heterocycles. The van der Waals surface area contributed by atoms with Gasteiger partial charge < -0.3 is 0 Å². The Labute approximate surface area is 113 Å². The molecule has 6 heteroatoms. The third kappa shape index (κ3) is 3.01. The van der Waals surface area contributed by atoms with Gasteiger partial charge in [-0.15, -0.1) is 0 Å². The molecule has 0 radical (unpaired) electrons. The van der Waals surface area contributed by atoms with Crippen LogP contribution in [0, 0.1) is 0 Å². The van der Waals surface area contributed by atoms with Crippen molar-refractivity contribution in [3.05, 3.63) is 47.3 Å². The summed E-state index contributed by atoms with van der Waals surface area (Å²) in [4.78, 5) is 18.2. The maximum atomic E-state index is 12.6. The van der Waals surface area contributed by atoms with Crippen LogP contribution in [0.2, 0.25) is 0 Å². The second-order valence-electron chi connectivity index (χ2n) is 4.20. The van der Waals surface area contributed by atoms with Gasteiger partial charge in [0.2, 0.25) is 0 Å². The van der Waals surface area contributed by atoms with E-state index in [2.05, 4.69) is 9.97 Å². The first-order valence-corrected chi connectivity index (χ1v) is 5.94. The molecule has 0 aliphatic heterocycles. The Hall–Kier alpha value is -2.24. The van der Waals surface area contributed by atoms with Gasteiger partial charge in [-0.05, 0) is 36.2 Å². The van der Waals surface area contributed by atoms with E-state index in [0.29, 0.717) is 23.8 Å². The number of nitrogens with zero attached hydrogens (tertiary/aromatic N) is 2. The molecule has 20 heavy (non-hydrogen) atoms. The predicted octanol–water partition coefficient (Wildman–Crippen LogP) is 3.54. The molecule has 1 heterocycles. The van der Waals surface area contributed by atoms with Crippen molar-refractivity contribution in [2.45, 2.75) is 19.5 Å². The summed E-state index contributed by atoms with van der Waals surface area (Å²) in [5, 5.41) is 0. The monoisotopic (exact) mass is 280 g/mol. The molecular weight excluding hydrogens is 269 g/mol. The number of rotatable bonds is 3. The standard InChI is InChI=1S/C14H11F3N2O/c1-2-9-5-10(8-20)7-11(6-9)13-18-4-3-12(19-13)14(15,16)17/h3-8H,2H2,1H3. The summed E-state index contributed by atoms with van der Waals surface area (Å²) in [7, 11) is 0. The lowest BCUT2D eigenvalue weighted by molar-refractivity contribution is -0.141. The van der Waals surface area contributed by atoms with Gasteiger partial charge in [0.15, 0.2) is 5.82 Å². The van der Waals surface area contributed by atoms with Gasteiger partial charge in [-0.25, -0.2) is 9.97 Å². The number of aryl methyl sites for hydroxylation is 1. The summed E-state index contributed by atoms with van der Waals surface area (Å²) in [5.41, 5.74) is 0.626. The van der Waals surface area contributed by atoms with Crippen molar-refractivity contribution in [2.24, 2.45) is 0 Å². The second kappa shape index (κ2) is 5.40. The predicted molar refractivity (Wildman–Crippen MR) is 67.2 cm³/mol. The van der Waals surface area contributed by atoms with E-state index < -0.39 is 11.9 Å². The van der Waals surface area contributed by atoms with E-state index in [1.165, 1.54) is 6.07 Å². The molecule has 2 aromatic rings. The molecule has 0 saturated heterocycles. The zero-order chi connectivity index (χ0) is 14.8. The van der Waals surface area contributed by atoms with E-state index >= 15 is 0 Å². The Bertz CT molecular complexity index is 639. The zero-order valence-corrected chi connectivity index (χ0v) is 10.6. The number of aldehydes is 1. The summed E-state index contributed by atoms with van der Waals surface area (Å²) in [5.74, 6) is -0.0433. The summed E-state index contributed by atoms with van der Waals surface area (Å²) >= 11 is 0. The molecule has 0 atom stereocenters. The molecule has 0 spiro atoms. The van der Waals surface area contributed by atoms with Crippen LogP contribution < -0.4 is 0 Å². The van der Waals surface area contributed by atoms with Gasteiger partial charge in [0, 0.05) is 17.3 Å². The molecule has 2 rings (SSSR count). The smallest absolute Gasteiger partial charge is 0.298 e. The third-order valence-electron chi connectivity index (χ3n) is 2.76. The first-order chi connectivity index (χ1) is 9.44. The minimum absolute atomic E-state index is 0.0433. The third-order valence-corrected chi connectivity index (χ3v) is 2.76. The van der Waals surface area contributed by atoms with Gasteiger partial charge in [-0.1, -0.05) is 6.92 Å². The van der Waals surface area contributed by atoms with Crippen molar-refractivity contribution < 1.29 is 18.0 Å². The van der Waals surface area contributed by atoms with E-state index in [0.717, 1.165) is 17.8 Å². The maximum absolute atomic E-state index is 12.6. The topological polar surface area (TPSA) is 42.9 Å². The number of hydrogen-bond donors (Lipinski definition) is 0. The van der Waals surface area contributed by atoms with Crippen molar-refractivity contribution in [1.29, 1.82) is 0 Å². The number of carbonyl (C=O) groups excluding carboxylic acids is 1. The van der Waals surface area contributed by atoms with E-state index in [-0.39, 0.29) is 5.82 Å². The van der Waals surface area contributed by atoms with Crippen molar-refractivity contribution in [3.63, 3.8) is 0 Å². The molecule has 0 aliphatic rings. The number of alkyl halides is 3. The summed E-state index contributed by atoms with van der Waals surface area (Å²) in [6.45, 7) is 1.89. The average molecular weight is 280 g/mol. The summed E-state index contributed by atoms with van der Waals surface area (Å²) in [6.07, 6.45) is -2.15. The maximum Gasteiger partial charge on any atom is 0.433 e. The molecule has 0 fully saturated rings. The van der Waals surface area contributed by atoms with Crippen LogP contribution in [-0.4, -0.2) is 16.3 Å². The summed E-state index contributed by atoms with van der Waals surface area (Å²) < 4.78 is 37.9. The normalized spacial score (nSPS) is 11.4. The van der Waals surface area contributed by atoms with Crippen LogP contribution in [0.4, 0.5) is 13.2 Å². The highest BCUT2D eigenvalue weighted by atomic mass is 19.4. The van der Waals surface area contributed by atoms with Gasteiger partial charge in [-0.2, -0.15) is 13.2 Å². The lowest BCUT2D eigenvalue weighted by Crippen LogP contribution is -2.09. The van der Waals surface area contributed by atoms with Gasteiger partial charge >= 0.3 is 6.18 Å². The quantitative estimate of drug-likeness (QED) is 0.808. The number of halogens is 3. The van der Waals surface area contributed by atoms with Crippen LogP contribution in [-0.2, 0) is 12.6 Å². The SMILES string of the molecule is CCc1cc(C=O)cc(-c2nccc(C(F)(F)F)n2)c1. The van der Waals surface area contributed by atoms with Gasteiger partial charge in [0.05, 0.1) is 0 Å². The fourth-order valence-corrected chi connectivity index (χ4v) is 1.78. The van der Waals surface area contributed by atoms with Crippen molar-refractivity contribution in [2.75, 3.05) is 0 Å². The average Bonchev–Trinajstić information content (AvgIpc) is 2.46. The molecule has 1 aromatic carbocycles. The van der Waals surface area contributed by atoms with Crippen LogP contribution >= 0.6 is 0 Å². The van der Waals surface area contributed by atoms with Crippen LogP contribution in [0.15, 0.2) is 30.5 Å². The number of hydrogen-bond acceptors (Lipinski definition) is 3. The molecule has 0 N–H and O–H groups in total. The lowest BCUT2D eigenvalue weighted by Gasteiger charge is -2.08. The van der Waals surface area contributed by atoms with Crippen LogP contribution in [0.1, 0.15) is 28.5 Å². The van der Waals surface area contributed by atoms with E-state index in [1.54, 1.807) is 12.1 Å². The molecule has 104 valence electrons.